The standard InChI is InChI=1S/C40H49ClN6O9/c1-3-42-37(49)27-35-39-46-45-28(2)47(39)36-12-11-33(26-34(36)38(44-35)29-7-9-31(41)10-8-29)56-24-23-55-22-21-54-20-19-53-18-17-52-16-15-51-14-13-43-40(50)30-5-4-6-32(48)25-30/h4-12,25-26,35,48H,3,13-24,27H2,1-2H3,(H,42,49)(H,43,50)/t35-/m0/s1. The molecule has 0 saturated carbocycles. The SMILES string of the molecule is CCNC(=O)C[C@@H]1N=C(c2ccc(Cl)cc2)c2cc(OCCOCCOCCOCCOCCOCCNC(=O)c3cccc(O)c3)ccc2-n2c(C)nnc21. The quantitative estimate of drug-likeness (QED) is 0.0866. The molecule has 2 heterocycles. The molecule has 56 heavy (non-hydrogen) atoms. The lowest BCUT2D eigenvalue weighted by atomic mass is 10.00. The van der Waals surface area contributed by atoms with Crippen LogP contribution in [0.5, 0.6) is 11.5 Å². The van der Waals surface area contributed by atoms with Crippen molar-refractivity contribution in [3.8, 4) is 17.2 Å². The molecule has 4 aromatic rings. The van der Waals surface area contributed by atoms with Crippen LogP contribution in [0.15, 0.2) is 71.7 Å². The number of aromatic hydroxyl groups is 1. The number of ether oxygens (including phenoxy) is 6. The Balaban J connectivity index is 0.955. The molecule has 3 N–H and O–H groups in total. The summed E-state index contributed by atoms with van der Waals surface area (Å²) in [7, 11) is 0. The van der Waals surface area contributed by atoms with Crippen molar-refractivity contribution in [2.24, 2.45) is 4.99 Å². The highest BCUT2D eigenvalue weighted by atomic mass is 35.5. The van der Waals surface area contributed by atoms with Crippen molar-refractivity contribution in [2.45, 2.75) is 26.3 Å². The average Bonchev–Trinajstić information content (AvgIpc) is 3.52. The van der Waals surface area contributed by atoms with Gasteiger partial charge in [0.25, 0.3) is 5.91 Å². The Labute approximate surface area is 331 Å². The number of carbonyl (C=O) groups is 2. The number of aromatic nitrogens is 3. The van der Waals surface area contributed by atoms with Gasteiger partial charge in [-0.2, -0.15) is 0 Å². The molecule has 0 aliphatic carbocycles. The maximum absolute atomic E-state index is 12.7. The number of phenolic OH excluding ortho intramolecular Hbond substituents is 1. The van der Waals surface area contributed by atoms with Crippen molar-refractivity contribution in [3.05, 3.63) is 100 Å². The zero-order chi connectivity index (χ0) is 39.5. The molecule has 1 aliphatic rings. The summed E-state index contributed by atoms with van der Waals surface area (Å²) in [5.74, 6) is 1.57. The van der Waals surface area contributed by atoms with E-state index in [-0.39, 0.29) is 24.0 Å². The van der Waals surface area contributed by atoms with E-state index in [4.69, 9.17) is 45.0 Å². The fourth-order valence-electron chi connectivity index (χ4n) is 5.77. The Kier molecular flexibility index (Phi) is 17.1. The molecule has 16 heteroatoms. The summed E-state index contributed by atoms with van der Waals surface area (Å²) in [6.45, 7) is 9.05. The lowest BCUT2D eigenvalue weighted by Crippen LogP contribution is -2.27. The number of rotatable bonds is 24. The van der Waals surface area contributed by atoms with Gasteiger partial charge in [-0.1, -0.05) is 29.8 Å². The maximum Gasteiger partial charge on any atom is 0.251 e. The Hall–Kier alpha value is -4.90. The molecule has 0 radical (unpaired) electrons. The van der Waals surface area contributed by atoms with E-state index in [1.807, 2.05) is 60.9 Å². The maximum atomic E-state index is 12.7. The van der Waals surface area contributed by atoms with Crippen LogP contribution in [0.2, 0.25) is 5.02 Å². The number of fused-ring (bicyclic) bond motifs is 3. The van der Waals surface area contributed by atoms with Crippen LogP contribution < -0.4 is 15.4 Å². The first-order chi connectivity index (χ1) is 27.3. The van der Waals surface area contributed by atoms with Gasteiger partial charge in [0.2, 0.25) is 5.91 Å². The molecule has 1 aliphatic heterocycles. The van der Waals surface area contributed by atoms with Crippen molar-refractivity contribution >= 4 is 29.1 Å². The average molecular weight is 793 g/mol. The number of nitrogens with zero attached hydrogens (tertiary/aromatic N) is 4. The predicted octanol–water partition coefficient (Wildman–Crippen LogP) is 4.24. The molecule has 300 valence electrons. The number of nitrogens with one attached hydrogen (secondary N) is 2. The smallest absolute Gasteiger partial charge is 0.251 e. The first-order valence-electron chi connectivity index (χ1n) is 18.6. The van der Waals surface area contributed by atoms with E-state index in [1.165, 1.54) is 12.1 Å². The lowest BCUT2D eigenvalue weighted by molar-refractivity contribution is -0.121. The minimum absolute atomic E-state index is 0.0451. The zero-order valence-corrected chi connectivity index (χ0v) is 32.5. The first-order valence-corrected chi connectivity index (χ1v) is 19.0. The van der Waals surface area contributed by atoms with E-state index in [2.05, 4.69) is 20.8 Å². The van der Waals surface area contributed by atoms with E-state index in [9.17, 15) is 14.7 Å². The van der Waals surface area contributed by atoms with Crippen molar-refractivity contribution in [3.63, 3.8) is 0 Å². The number of aliphatic imine (C=N–C) groups is 1. The first kappa shape index (κ1) is 42.2. The second-order valence-electron chi connectivity index (χ2n) is 12.5. The topological polar surface area (TPSA) is 177 Å². The van der Waals surface area contributed by atoms with E-state index in [0.29, 0.717) is 119 Å². The van der Waals surface area contributed by atoms with E-state index in [0.717, 1.165) is 16.8 Å². The van der Waals surface area contributed by atoms with Crippen LogP contribution in [-0.4, -0.2) is 123 Å². The van der Waals surface area contributed by atoms with Crippen LogP contribution >= 0.6 is 11.6 Å². The summed E-state index contributed by atoms with van der Waals surface area (Å²) >= 11 is 6.22. The Morgan fingerprint density at radius 3 is 2.07 bits per heavy atom. The van der Waals surface area contributed by atoms with Gasteiger partial charge in [-0.25, -0.2) is 0 Å². The number of hydrogen-bond acceptors (Lipinski definition) is 12. The van der Waals surface area contributed by atoms with Gasteiger partial charge < -0.3 is 44.2 Å². The second-order valence-corrected chi connectivity index (χ2v) is 12.9. The Morgan fingerprint density at radius 1 is 0.786 bits per heavy atom. The van der Waals surface area contributed by atoms with Crippen LogP contribution in [0.25, 0.3) is 5.69 Å². The second kappa shape index (κ2) is 22.6. The number of amides is 2. The minimum atomic E-state index is -0.558. The lowest BCUT2D eigenvalue weighted by Gasteiger charge is -2.15. The molecular formula is C40H49ClN6O9. The summed E-state index contributed by atoms with van der Waals surface area (Å²) in [5.41, 5.74) is 3.58. The van der Waals surface area contributed by atoms with E-state index >= 15 is 0 Å². The highest BCUT2D eigenvalue weighted by Crippen LogP contribution is 2.34. The molecule has 15 nitrogen and oxygen atoms in total. The van der Waals surface area contributed by atoms with Crippen molar-refractivity contribution in [2.75, 3.05) is 85.8 Å². The van der Waals surface area contributed by atoms with Crippen LogP contribution in [0.4, 0.5) is 0 Å². The third-order valence-corrected chi connectivity index (χ3v) is 8.64. The van der Waals surface area contributed by atoms with Crippen molar-refractivity contribution in [1.29, 1.82) is 0 Å². The molecule has 0 spiro atoms. The minimum Gasteiger partial charge on any atom is -0.508 e. The van der Waals surface area contributed by atoms with Crippen LogP contribution in [0.1, 0.15) is 52.5 Å². The normalized spacial score (nSPS) is 13.3. The largest absolute Gasteiger partial charge is 0.508 e. The molecule has 5 rings (SSSR count). The van der Waals surface area contributed by atoms with Gasteiger partial charge in [0.05, 0.1) is 83.9 Å². The molecule has 1 aromatic heterocycles. The highest BCUT2D eigenvalue weighted by Gasteiger charge is 2.30. The Morgan fingerprint density at radius 2 is 1.43 bits per heavy atom. The summed E-state index contributed by atoms with van der Waals surface area (Å²) in [6.07, 6.45) is 0.122. The number of benzene rings is 3. The number of carbonyl (C=O) groups excluding carboxylic acids is 2. The number of halogens is 1. The molecule has 0 saturated heterocycles. The van der Waals surface area contributed by atoms with Gasteiger partial charge in [-0.3, -0.25) is 19.1 Å². The van der Waals surface area contributed by atoms with Crippen LogP contribution in [0, 0.1) is 6.92 Å². The van der Waals surface area contributed by atoms with Gasteiger partial charge in [-0.05, 0) is 62.4 Å². The third kappa shape index (κ3) is 12.8. The number of hydrogen-bond donors (Lipinski definition) is 3. The van der Waals surface area contributed by atoms with Crippen LogP contribution in [0.3, 0.4) is 0 Å². The number of phenols is 1. The van der Waals surface area contributed by atoms with Crippen molar-refractivity contribution < 1.29 is 43.1 Å². The Bertz CT molecular complexity index is 1890. The monoisotopic (exact) mass is 792 g/mol. The molecular weight excluding hydrogens is 744 g/mol. The molecule has 3 aromatic carbocycles. The van der Waals surface area contributed by atoms with Gasteiger partial charge in [0.15, 0.2) is 5.82 Å². The summed E-state index contributed by atoms with van der Waals surface area (Å²) in [6, 6.07) is 18.8. The number of aryl methyl sites for hydroxylation is 1. The predicted molar refractivity (Wildman–Crippen MR) is 209 cm³/mol. The summed E-state index contributed by atoms with van der Waals surface area (Å²) in [4.78, 5) is 29.8. The van der Waals surface area contributed by atoms with Gasteiger partial charge >= 0.3 is 0 Å². The van der Waals surface area contributed by atoms with Gasteiger partial charge in [-0.15, -0.1) is 10.2 Å². The molecule has 0 bridgehead atoms. The fraction of sp³-hybridized carbons (Fsp3) is 0.425. The highest BCUT2D eigenvalue weighted by molar-refractivity contribution is 6.30. The van der Waals surface area contributed by atoms with Crippen molar-refractivity contribution in [1.82, 2.24) is 25.4 Å². The van der Waals surface area contributed by atoms with Gasteiger partial charge in [0.1, 0.15) is 30.0 Å². The summed E-state index contributed by atoms with van der Waals surface area (Å²) in [5, 5.41) is 24.4. The molecule has 1 atom stereocenters. The molecule has 0 fully saturated rings. The third-order valence-electron chi connectivity index (χ3n) is 8.39. The summed E-state index contributed by atoms with van der Waals surface area (Å²) < 4.78 is 35.8. The van der Waals surface area contributed by atoms with Crippen LogP contribution in [-0.2, 0) is 28.5 Å². The zero-order valence-electron chi connectivity index (χ0n) is 31.7. The fourth-order valence-corrected chi connectivity index (χ4v) is 5.90. The molecule has 2 amide bonds. The molecule has 0 unspecified atom stereocenters. The van der Waals surface area contributed by atoms with E-state index in [1.54, 1.807) is 12.1 Å². The van der Waals surface area contributed by atoms with E-state index < -0.39 is 6.04 Å². The van der Waals surface area contributed by atoms with Gasteiger partial charge in [0, 0.05) is 34.8 Å².